The van der Waals surface area contributed by atoms with Crippen molar-refractivity contribution in [2.45, 2.75) is 12.7 Å². The van der Waals surface area contributed by atoms with Crippen LogP contribution in [0.1, 0.15) is 16.8 Å². The zero-order valence-corrected chi connectivity index (χ0v) is 9.31. The summed E-state index contributed by atoms with van der Waals surface area (Å²) in [6, 6.07) is 6.28. The molecule has 0 aromatic heterocycles. The van der Waals surface area contributed by atoms with Gasteiger partial charge in [-0.15, -0.1) is 0 Å². The van der Waals surface area contributed by atoms with Crippen molar-refractivity contribution in [2.75, 3.05) is 0 Å². The molecule has 0 aliphatic carbocycles. The first-order valence-corrected chi connectivity index (χ1v) is 5.17. The molecule has 0 aliphatic rings. The first-order valence-electron chi connectivity index (χ1n) is 4.38. The number of hydrogen-bond donors (Lipinski definition) is 0. The highest BCUT2D eigenvalue weighted by Gasteiger charge is 2.23. The third-order valence-electron chi connectivity index (χ3n) is 1.86. The molecule has 0 aliphatic heterocycles. The Balaban J connectivity index is 2.58. The number of hydrogen-bond acceptors (Lipinski definition) is 1. The fourth-order valence-electron chi connectivity index (χ4n) is 1.07. The highest BCUT2D eigenvalue weighted by Crippen LogP contribution is 2.19. The van der Waals surface area contributed by atoms with E-state index in [0.717, 1.165) is 4.47 Å². The van der Waals surface area contributed by atoms with Crippen LogP contribution in [-0.4, -0.2) is 12.8 Å². The van der Waals surface area contributed by atoms with E-state index in [4.69, 9.17) is 0 Å². The number of ketones is 1. The van der Waals surface area contributed by atoms with Crippen LogP contribution in [-0.2, 0) is 0 Å². The van der Waals surface area contributed by atoms with Crippen molar-refractivity contribution < 1.29 is 17.7 Å². The monoisotopic (exact) mass is 279 g/mol. The fraction of sp³-hybridized carbons (Fsp3) is 0.222. The second-order valence-corrected chi connectivity index (χ2v) is 4.09. The number of halogens is 4. The topological polar surface area (TPSA) is 17.1 Å². The van der Waals surface area contributed by atoms with Gasteiger partial charge in [0, 0.05) is 10.0 Å². The lowest BCUT2D eigenvalue weighted by Gasteiger charge is -2.12. The van der Waals surface area contributed by atoms with Gasteiger partial charge in [0.25, 0.3) is 0 Å². The molecule has 1 nitrogen and oxygen atoms in total. The number of carbonyl (C=O) groups is 1. The number of carbonyl (C=O) groups excluding carboxylic acids is 1. The Morgan fingerprint density at radius 3 is 2.20 bits per heavy atom. The van der Waals surface area contributed by atoms with E-state index in [-0.39, 0.29) is 0 Å². The molecule has 0 atom stereocenters. The first-order chi connectivity index (χ1) is 6.88. The number of rotatable bonds is 4. The summed E-state index contributed by atoms with van der Waals surface area (Å²) >= 11 is 3.18. The van der Waals surface area contributed by atoms with E-state index in [0.29, 0.717) is 5.56 Å². The summed E-state index contributed by atoms with van der Waals surface area (Å²) in [6.07, 6.45) is -1.47. The predicted octanol–water partition coefficient (Wildman–Crippen LogP) is 3.87. The molecular formula is C9H8BBrF3O-. The third-order valence-corrected chi connectivity index (χ3v) is 2.39. The van der Waals surface area contributed by atoms with Gasteiger partial charge in [0.2, 0.25) is 0 Å². The van der Waals surface area contributed by atoms with Gasteiger partial charge in [0.1, 0.15) is 0 Å². The van der Waals surface area contributed by atoms with Gasteiger partial charge in [0.05, 0.1) is 0 Å². The minimum Gasteiger partial charge on any atom is -0.449 e. The quantitative estimate of drug-likeness (QED) is 0.604. The van der Waals surface area contributed by atoms with Gasteiger partial charge in [-0.05, 0) is 18.6 Å². The van der Waals surface area contributed by atoms with Crippen molar-refractivity contribution >= 4 is 28.7 Å². The van der Waals surface area contributed by atoms with Crippen LogP contribution in [0.3, 0.4) is 0 Å². The molecule has 0 fully saturated rings. The summed E-state index contributed by atoms with van der Waals surface area (Å²) in [4.78, 5) is 11.3. The zero-order chi connectivity index (χ0) is 11.5. The Labute approximate surface area is 93.9 Å². The lowest BCUT2D eigenvalue weighted by atomic mass is 9.82. The van der Waals surface area contributed by atoms with Crippen LogP contribution >= 0.6 is 15.9 Å². The molecule has 15 heavy (non-hydrogen) atoms. The normalized spacial score (nSPS) is 11.5. The van der Waals surface area contributed by atoms with Gasteiger partial charge in [-0.1, -0.05) is 34.4 Å². The molecule has 1 aromatic rings. The number of Topliss-reactive ketones (excluding diaryl/α,β-unsaturated/α-hetero) is 1. The van der Waals surface area contributed by atoms with Gasteiger partial charge < -0.3 is 12.9 Å². The summed E-state index contributed by atoms with van der Waals surface area (Å²) in [5.74, 6) is -0.471. The summed E-state index contributed by atoms with van der Waals surface area (Å²) in [5.41, 5.74) is 0.318. The average molecular weight is 280 g/mol. The van der Waals surface area contributed by atoms with Crippen molar-refractivity contribution in [3.63, 3.8) is 0 Å². The summed E-state index contributed by atoms with van der Waals surface area (Å²) in [7, 11) is 0. The van der Waals surface area contributed by atoms with Gasteiger partial charge in [-0.2, -0.15) is 0 Å². The molecule has 0 spiro atoms. The standard InChI is InChI=1S/C9H8BBrF3O/c11-8-3-1-7(2-4-8)9(15)5-6-10(12,13)14/h1-4H,5-6H2/q-1. The van der Waals surface area contributed by atoms with Gasteiger partial charge in [-0.3, -0.25) is 4.79 Å². The molecule has 82 valence electrons. The molecule has 1 aromatic carbocycles. The van der Waals surface area contributed by atoms with E-state index < -0.39 is 25.5 Å². The van der Waals surface area contributed by atoms with E-state index in [2.05, 4.69) is 15.9 Å². The minimum absolute atomic E-state index is 0.318. The van der Waals surface area contributed by atoms with Crippen molar-refractivity contribution in [2.24, 2.45) is 0 Å². The molecule has 0 unspecified atom stereocenters. The Bertz CT molecular complexity index is 347. The van der Waals surface area contributed by atoms with Crippen LogP contribution in [0.5, 0.6) is 0 Å². The Kier molecular flexibility index (Phi) is 3.96. The lowest BCUT2D eigenvalue weighted by molar-refractivity contribution is 0.0985. The van der Waals surface area contributed by atoms with Gasteiger partial charge in [-0.25, -0.2) is 0 Å². The zero-order valence-electron chi connectivity index (χ0n) is 7.72. The van der Waals surface area contributed by atoms with Crippen LogP contribution in [0.15, 0.2) is 28.7 Å². The number of benzene rings is 1. The van der Waals surface area contributed by atoms with Crippen LogP contribution < -0.4 is 0 Å². The van der Waals surface area contributed by atoms with Crippen molar-refractivity contribution in [1.82, 2.24) is 0 Å². The molecule has 6 heteroatoms. The fourth-order valence-corrected chi connectivity index (χ4v) is 1.34. The maximum atomic E-state index is 11.9. The molecule has 1 rings (SSSR count). The van der Waals surface area contributed by atoms with Crippen LogP contribution in [0, 0.1) is 0 Å². The summed E-state index contributed by atoms with van der Waals surface area (Å²) in [5, 5.41) is 0. The largest absolute Gasteiger partial charge is 0.478 e. The van der Waals surface area contributed by atoms with Crippen LogP contribution in [0.4, 0.5) is 12.9 Å². The highest BCUT2D eigenvalue weighted by atomic mass is 79.9. The van der Waals surface area contributed by atoms with Crippen molar-refractivity contribution in [1.29, 1.82) is 0 Å². The molecule has 0 saturated heterocycles. The minimum atomic E-state index is -4.87. The third kappa shape index (κ3) is 4.51. The smallest absolute Gasteiger partial charge is 0.449 e. The second-order valence-electron chi connectivity index (χ2n) is 3.18. The van der Waals surface area contributed by atoms with Crippen molar-refractivity contribution in [3.8, 4) is 0 Å². The SMILES string of the molecule is O=C(CC[B-](F)(F)F)c1ccc(Br)cc1. The van der Waals surface area contributed by atoms with Crippen molar-refractivity contribution in [3.05, 3.63) is 34.3 Å². The molecule has 0 bridgehead atoms. The van der Waals surface area contributed by atoms with E-state index in [9.17, 15) is 17.7 Å². The summed E-state index contributed by atoms with van der Waals surface area (Å²) < 4.78 is 36.5. The maximum absolute atomic E-state index is 11.9. The lowest BCUT2D eigenvalue weighted by Crippen LogP contribution is -2.16. The van der Waals surface area contributed by atoms with E-state index in [1.54, 1.807) is 12.1 Å². The highest BCUT2D eigenvalue weighted by molar-refractivity contribution is 9.10. The molecule has 0 saturated carbocycles. The molecule has 0 amide bonds. The van der Waals surface area contributed by atoms with E-state index >= 15 is 0 Å². The molecular weight excluding hydrogens is 272 g/mol. The molecule has 0 heterocycles. The van der Waals surface area contributed by atoms with Crippen LogP contribution in [0.2, 0.25) is 6.32 Å². The Hall–Kier alpha value is -0.775. The Morgan fingerprint density at radius 2 is 1.73 bits per heavy atom. The first kappa shape index (κ1) is 12.3. The van der Waals surface area contributed by atoms with E-state index in [1.165, 1.54) is 12.1 Å². The van der Waals surface area contributed by atoms with E-state index in [1.807, 2.05) is 0 Å². The summed E-state index contributed by atoms with van der Waals surface area (Å²) in [6.45, 7) is -4.87. The van der Waals surface area contributed by atoms with Gasteiger partial charge >= 0.3 is 6.98 Å². The maximum Gasteiger partial charge on any atom is 0.478 e. The Morgan fingerprint density at radius 1 is 1.20 bits per heavy atom. The second kappa shape index (κ2) is 4.83. The predicted molar refractivity (Wildman–Crippen MR) is 57.0 cm³/mol. The van der Waals surface area contributed by atoms with Crippen LogP contribution in [0.25, 0.3) is 0 Å². The molecule has 0 N–H and O–H groups in total. The molecule has 0 radical (unpaired) electrons. The average Bonchev–Trinajstić information content (AvgIpc) is 2.14. The van der Waals surface area contributed by atoms with Gasteiger partial charge in [0.15, 0.2) is 5.78 Å².